The van der Waals surface area contributed by atoms with Gasteiger partial charge in [-0.3, -0.25) is 19.7 Å². The number of anilines is 1. The summed E-state index contributed by atoms with van der Waals surface area (Å²) < 4.78 is 11.2. The van der Waals surface area contributed by atoms with Gasteiger partial charge in [0.1, 0.15) is 5.75 Å². The number of non-ortho nitro benzene ring substituents is 1. The SMILES string of the molecule is COc1ccc([N+](=O)[O-])cc1NC(=O)C(C)OC(=O)CSc1ccc(Br)cc1C. The number of nitrogens with one attached hydrogen (secondary N) is 1. The van der Waals surface area contributed by atoms with Crippen molar-refractivity contribution < 1.29 is 24.0 Å². The fraction of sp³-hybridized carbons (Fsp3) is 0.263. The Morgan fingerprint density at radius 1 is 1.28 bits per heavy atom. The van der Waals surface area contributed by atoms with Crippen LogP contribution in [0.15, 0.2) is 45.8 Å². The minimum atomic E-state index is -1.09. The molecule has 8 nitrogen and oxygen atoms in total. The number of thioether (sulfide) groups is 1. The lowest BCUT2D eigenvalue weighted by Crippen LogP contribution is -2.30. The Hall–Kier alpha value is -2.59. The number of hydrogen-bond donors (Lipinski definition) is 1. The number of benzene rings is 2. The zero-order valence-electron chi connectivity index (χ0n) is 15.9. The number of esters is 1. The van der Waals surface area contributed by atoms with E-state index in [4.69, 9.17) is 9.47 Å². The topological polar surface area (TPSA) is 108 Å². The third-order valence-corrected chi connectivity index (χ3v) is 5.45. The maximum atomic E-state index is 12.3. The summed E-state index contributed by atoms with van der Waals surface area (Å²) in [6.07, 6.45) is -1.09. The van der Waals surface area contributed by atoms with E-state index in [1.165, 1.54) is 44.0 Å². The van der Waals surface area contributed by atoms with E-state index in [0.29, 0.717) is 0 Å². The highest BCUT2D eigenvalue weighted by Crippen LogP contribution is 2.29. The van der Waals surface area contributed by atoms with E-state index in [1.54, 1.807) is 0 Å². The third-order valence-electron chi connectivity index (χ3n) is 3.81. The molecule has 0 heterocycles. The molecule has 0 aliphatic carbocycles. The zero-order chi connectivity index (χ0) is 21.6. The highest BCUT2D eigenvalue weighted by molar-refractivity contribution is 9.10. The van der Waals surface area contributed by atoms with Crippen LogP contribution in [0, 0.1) is 17.0 Å². The number of carbonyl (C=O) groups is 2. The van der Waals surface area contributed by atoms with E-state index < -0.39 is 22.9 Å². The normalized spacial score (nSPS) is 11.4. The number of rotatable bonds is 8. The number of nitrogens with zero attached hydrogens (tertiary/aromatic N) is 1. The van der Waals surface area contributed by atoms with Crippen LogP contribution in [-0.4, -0.2) is 35.8 Å². The maximum Gasteiger partial charge on any atom is 0.317 e. The molecule has 1 atom stereocenters. The molecule has 0 bridgehead atoms. The molecule has 0 aliphatic heterocycles. The van der Waals surface area contributed by atoms with Gasteiger partial charge in [0.05, 0.1) is 23.5 Å². The zero-order valence-corrected chi connectivity index (χ0v) is 18.3. The first-order valence-corrected chi connectivity index (χ1v) is 10.2. The van der Waals surface area contributed by atoms with Crippen LogP contribution in [0.25, 0.3) is 0 Å². The maximum absolute atomic E-state index is 12.3. The lowest BCUT2D eigenvalue weighted by atomic mass is 10.2. The molecule has 1 amide bonds. The summed E-state index contributed by atoms with van der Waals surface area (Å²) in [5.41, 5.74) is 0.933. The summed E-state index contributed by atoms with van der Waals surface area (Å²) in [7, 11) is 1.38. The molecule has 2 aromatic rings. The molecular weight excluding hydrogens is 464 g/mol. The van der Waals surface area contributed by atoms with Crippen LogP contribution >= 0.6 is 27.7 Å². The average molecular weight is 483 g/mol. The quantitative estimate of drug-likeness (QED) is 0.258. The number of hydrogen-bond acceptors (Lipinski definition) is 7. The van der Waals surface area contributed by atoms with Crippen LogP contribution in [0.5, 0.6) is 5.75 Å². The monoisotopic (exact) mass is 482 g/mol. The Morgan fingerprint density at radius 2 is 2.00 bits per heavy atom. The smallest absolute Gasteiger partial charge is 0.317 e. The van der Waals surface area contributed by atoms with Gasteiger partial charge >= 0.3 is 5.97 Å². The fourth-order valence-electron chi connectivity index (χ4n) is 2.34. The van der Waals surface area contributed by atoms with Crippen LogP contribution in [0.1, 0.15) is 12.5 Å². The van der Waals surface area contributed by atoms with Gasteiger partial charge in [-0.1, -0.05) is 15.9 Å². The van der Waals surface area contributed by atoms with E-state index in [1.807, 2.05) is 25.1 Å². The second-order valence-electron chi connectivity index (χ2n) is 5.96. The fourth-order valence-corrected chi connectivity index (χ4v) is 3.61. The van der Waals surface area contributed by atoms with Crippen molar-refractivity contribution >= 4 is 50.9 Å². The van der Waals surface area contributed by atoms with Crippen LogP contribution < -0.4 is 10.1 Å². The van der Waals surface area contributed by atoms with Crippen molar-refractivity contribution in [2.75, 3.05) is 18.2 Å². The number of methoxy groups -OCH3 is 1. The Balaban J connectivity index is 1.95. The van der Waals surface area contributed by atoms with Crippen molar-refractivity contribution in [2.24, 2.45) is 0 Å². The molecule has 0 spiro atoms. The molecule has 154 valence electrons. The van der Waals surface area contributed by atoms with Crippen molar-refractivity contribution in [3.63, 3.8) is 0 Å². The number of aryl methyl sites for hydroxylation is 1. The average Bonchev–Trinajstić information content (AvgIpc) is 2.67. The number of ether oxygens (including phenoxy) is 2. The van der Waals surface area contributed by atoms with E-state index >= 15 is 0 Å². The summed E-state index contributed by atoms with van der Waals surface area (Å²) in [5.74, 6) is -0.878. The summed E-state index contributed by atoms with van der Waals surface area (Å²) in [6.45, 7) is 3.35. The van der Waals surface area contributed by atoms with Gasteiger partial charge in [-0.15, -0.1) is 11.8 Å². The largest absolute Gasteiger partial charge is 0.495 e. The van der Waals surface area contributed by atoms with E-state index in [0.717, 1.165) is 14.9 Å². The number of amides is 1. The van der Waals surface area contributed by atoms with Gasteiger partial charge < -0.3 is 14.8 Å². The molecule has 1 N–H and O–H groups in total. The molecule has 0 fully saturated rings. The van der Waals surface area contributed by atoms with Gasteiger partial charge in [-0.2, -0.15) is 0 Å². The molecule has 0 saturated carbocycles. The van der Waals surface area contributed by atoms with Crippen LogP contribution in [0.2, 0.25) is 0 Å². The Morgan fingerprint density at radius 3 is 2.62 bits per heavy atom. The van der Waals surface area contributed by atoms with Crippen molar-refractivity contribution in [3.8, 4) is 5.75 Å². The van der Waals surface area contributed by atoms with Crippen LogP contribution in [0.3, 0.4) is 0 Å². The minimum Gasteiger partial charge on any atom is -0.495 e. The second-order valence-corrected chi connectivity index (χ2v) is 7.89. The first kappa shape index (κ1) is 22.7. The summed E-state index contributed by atoms with van der Waals surface area (Å²) in [5, 5.41) is 13.4. The van der Waals surface area contributed by atoms with Gasteiger partial charge in [0.25, 0.3) is 11.6 Å². The van der Waals surface area contributed by atoms with Gasteiger partial charge in [0.2, 0.25) is 0 Å². The molecule has 2 rings (SSSR count). The Kier molecular flexibility index (Phi) is 8.03. The van der Waals surface area contributed by atoms with Crippen molar-refractivity contribution in [1.29, 1.82) is 0 Å². The third kappa shape index (κ3) is 6.47. The number of nitro groups is 1. The summed E-state index contributed by atoms with van der Waals surface area (Å²) >= 11 is 4.69. The second kappa shape index (κ2) is 10.3. The lowest BCUT2D eigenvalue weighted by Gasteiger charge is -2.15. The van der Waals surface area contributed by atoms with Gasteiger partial charge in [-0.05, 0) is 43.7 Å². The first-order valence-electron chi connectivity index (χ1n) is 8.43. The number of carbonyl (C=O) groups excluding carboxylic acids is 2. The Bertz CT molecular complexity index is 937. The predicted molar refractivity (Wildman–Crippen MR) is 113 cm³/mol. The lowest BCUT2D eigenvalue weighted by molar-refractivity contribution is -0.384. The summed E-state index contributed by atoms with van der Waals surface area (Å²) in [4.78, 5) is 35.7. The first-order chi connectivity index (χ1) is 13.7. The van der Waals surface area contributed by atoms with Crippen molar-refractivity contribution in [1.82, 2.24) is 0 Å². The summed E-state index contributed by atoms with van der Waals surface area (Å²) in [6, 6.07) is 9.53. The van der Waals surface area contributed by atoms with E-state index in [2.05, 4.69) is 21.2 Å². The molecule has 0 aliphatic rings. The van der Waals surface area contributed by atoms with Crippen molar-refractivity contribution in [3.05, 3.63) is 56.5 Å². The van der Waals surface area contributed by atoms with E-state index in [9.17, 15) is 19.7 Å². The minimum absolute atomic E-state index is 0.0419. The highest BCUT2D eigenvalue weighted by Gasteiger charge is 2.21. The van der Waals surface area contributed by atoms with Gasteiger partial charge in [0, 0.05) is 21.5 Å². The Labute approximate surface area is 180 Å². The molecule has 2 aromatic carbocycles. The molecule has 29 heavy (non-hydrogen) atoms. The van der Waals surface area contributed by atoms with Crippen LogP contribution in [-0.2, 0) is 14.3 Å². The molecule has 0 radical (unpaired) electrons. The molecule has 10 heteroatoms. The molecular formula is C19H19BrN2O6S. The molecule has 0 aromatic heterocycles. The molecule has 0 saturated heterocycles. The molecule has 1 unspecified atom stereocenters. The predicted octanol–water partition coefficient (Wildman–Crippen LogP) is 4.34. The van der Waals surface area contributed by atoms with Gasteiger partial charge in [-0.25, -0.2) is 0 Å². The van der Waals surface area contributed by atoms with Gasteiger partial charge in [0.15, 0.2) is 6.10 Å². The highest BCUT2D eigenvalue weighted by atomic mass is 79.9. The van der Waals surface area contributed by atoms with E-state index in [-0.39, 0.29) is 22.9 Å². The number of halogens is 1. The number of nitro benzene ring substituents is 1. The van der Waals surface area contributed by atoms with Crippen molar-refractivity contribution in [2.45, 2.75) is 24.8 Å². The van der Waals surface area contributed by atoms with Crippen LogP contribution in [0.4, 0.5) is 11.4 Å². The standard InChI is InChI=1S/C19H19BrN2O6S/c1-11-8-13(20)4-7-17(11)29-10-18(23)28-12(2)19(24)21-15-9-14(22(25)26)5-6-16(15)27-3/h4-9,12H,10H2,1-3H3,(H,21,24).